The third kappa shape index (κ3) is 2.18. The number of carbonyl (C=O) groups is 1. The second-order valence-corrected chi connectivity index (χ2v) is 11.2. The van der Waals surface area contributed by atoms with Gasteiger partial charge in [-0.15, -0.1) is 0 Å². The van der Waals surface area contributed by atoms with Crippen LogP contribution in [-0.2, 0) is 23.7 Å². The highest BCUT2D eigenvalue weighted by molar-refractivity contribution is 5.86. The average molecular weight is 403 g/mol. The summed E-state index contributed by atoms with van der Waals surface area (Å²) >= 11 is 0. The Morgan fingerprint density at radius 2 is 1.59 bits per heavy atom. The zero-order valence-electron chi connectivity index (χ0n) is 18.1. The Hall–Kier alpha value is -0.750. The average Bonchev–Trinajstić information content (AvgIpc) is 3.38. The number of carbonyl (C=O) groups excluding carboxylic acids is 1. The summed E-state index contributed by atoms with van der Waals surface area (Å²) in [5.41, 5.74) is 1.05. The van der Waals surface area contributed by atoms with Crippen molar-refractivity contribution in [2.45, 2.75) is 77.3 Å². The van der Waals surface area contributed by atoms with Crippen LogP contribution in [-0.4, -0.2) is 43.8 Å². The van der Waals surface area contributed by atoms with Gasteiger partial charge in [-0.05, 0) is 36.0 Å². The molecule has 0 radical (unpaired) electrons. The van der Waals surface area contributed by atoms with Gasteiger partial charge in [-0.2, -0.15) is 0 Å². The highest BCUT2D eigenvalue weighted by Crippen LogP contribution is 2.72. The molecule has 0 amide bonds. The number of allylic oxidation sites excluding steroid dienone is 1. The van der Waals surface area contributed by atoms with E-state index in [4.69, 9.17) is 18.9 Å². The minimum Gasteiger partial charge on any atom is -0.347 e. The molecular weight excluding hydrogens is 368 g/mol. The number of hydrogen-bond donors (Lipinski definition) is 0. The fourth-order valence-corrected chi connectivity index (χ4v) is 8.74. The quantitative estimate of drug-likeness (QED) is 0.573. The van der Waals surface area contributed by atoms with Crippen LogP contribution in [0, 0.1) is 28.1 Å². The van der Waals surface area contributed by atoms with Crippen LogP contribution in [0.5, 0.6) is 0 Å². The minimum atomic E-state index is -0.547. The van der Waals surface area contributed by atoms with Gasteiger partial charge in [0.2, 0.25) is 0 Å². The van der Waals surface area contributed by atoms with Gasteiger partial charge >= 0.3 is 0 Å². The van der Waals surface area contributed by atoms with Crippen molar-refractivity contribution >= 4 is 5.78 Å². The molecule has 3 saturated carbocycles. The maximum Gasteiger partial charge on any atom is 0.174 e. The van der Waals surface area contributed by atoms with E-state index in [1.807, 2.05) is 0 Å². The number of Topliss-reactive ketones (excluding diaryl/α,β-unsaturated/α-hetero) is 1. The van der Waals surface area contributed by atoms with Crippen molar-refractivity contribution < 1.29 is 23.7 Å². The molecule has 2 aliphatic heterocycles. The van der Waals surface area contributed by atoms with Crippen LogP contribution in [0.25, 0.3) is 0 Å². The van der Waals surface area contributed by atoms with Gasteiger partial charge in [0.25, 0.3) is 0 Å². The van der Waals surface area contributed by atoms with E-state index >= 15 is 0 Å². The Labute approximate surface area is 173 Å². The highest BCUT2D eigenvalue weighted by Gasteiger charge is 2.72. The first-order valence-corrected chi connectivity index (χ1v) is 11.6. The van der Waals surface area contributed by atoms with E-state index in [0.717, 1.165) is 38.5 Å². The molecule has 2 heterocycles. The third-order valence-corrected chi connectivity index (χ3v) is 9.93. The van der Waals surface area contributed by atoms with Crippen LogP contribution in [0.3, 0.4) is 0 Å². The Bertz CT molecular complexity index is 776. The summed E-state index contributed by atoms with van der Waals surface area (Å²) < 4.78 is 24.5. The highest BCUT2D eigenvalue weighted by atomic mass is 16.7. The Balaban J connectivity index is 1.40. The second-order valence-electron chi connectivity index (χ2n) is 11.2. The summed E-state index contributed by atoms with van der Waals surface area (Å²) in [6, 6.07) is 0. The normalized spacial score (nSPS) is 49.8. The van der Waals surface area contributed by atoms with Gasteiger partial charge < -0.3 is 18.9 Å². The van der Waals surface area contributed by atoms with Gasteiger partial charge in [-0.25, -0.2) is 0 Å². The lowest BCUT2D eigenvalue weighted by Crippen LogP contribution is -2.63. The molecule has 0 aromatic carbocycles. The van der Waals surface area contributed by atoms with Crippen LogP contribution in [0.15, 0.2) is 11.6 Å². The lowest BCUT2D eigenvalue weighted by molar-refractivity contribution is -0.248. The largest absolute Gasteiger partial charge is 0.347 e. The maximum absolute atomic E-state index is 13.9. The first kappa shape index (κ1) is 19.0. The monoisotopic (exact) mass is 402 g/mol. The van der Waals surface area contributed by atoms with Crippen LogP contribution in [0.2, 0.25) is 0 Å². The number of ketones is 1. The van der Waals surface area contributed by atoms with Gasteiger partial charge in [0.1, 0.15) is 5.78 Å². The van der Waals surface area contributed by atoms with Crippen molar-refractivity contribution in [3.05, 3.63) is 11.6 Å². The van der Waals surface area contributed by atoms with Gasteiger partial charge in [0, 0.05) is 37.0 Å². The summed E-state index contributed by atoms with van der Waals surface area (Å²) in [6.45, 7) is 9.68. The van der Waals surface area contributed by atoms with E-state index in [2.05, 4.69) is 26.8 Å². The van der Waals surface area contributed by atoms with Crippen molar-refractivity contribution in [2.24, 2.45) is 28.1 Å². The van der Waals surface area contributed by atoms with Crippen molar-refractivity contribution in [3.63, 3.8) is 0 Å². The molecule has 2 spiro atoms. The number of fused-ring (bicyclic) bond motifs is 6. The molecule has 5 heteroatoms. The molecule has 29 heavy (non-hydrogen) atoms. The number of rotatable bonds is 0. The molecular formula is C24H34O5. The van der Waals surface area contributed by atoms with E-state index in [9.17, 15) is 4.79 Å². The summed E-state index contributed by atoms with van der Waals surface area (Å²) in [7, 11) is 0. The predicted molar refractivity (Wildman–Crippen MR) is 106 cm³/mol. The van der Waals surface area contributed by atoms with E-state index in [1.165, 1.54) is 5.57 Å². The van der Waals surface area contributed by atoms with E-state index in [0.29, 0.717) is 44.5 Å². The lowest BCUT2D eigenvalue weighted by atomic mass is 9.41. The summed E-state index contributed by atoms with van der Waals surface area (Å²) in [5.74, 6) is -0.0459. The standard InChI is InChI=1S/C24H34O5/c1-20-8-9-23(26-10-11-27-23)14-16(20)4-6-21(2)18-5-7-24(28-12-13-29-24)22(18,3)15-17(25)19(20)21/h4,18-19H,5-15H2,1-3H3/t18-,19+,20-,21-,22-/m0/s1. The van der Waals surface area contributed by atoms with Gasteiger partial charge in [0.05, 0.1) is 26.4 Å². The molecule has 5 fully saturated rings. The fraction of sp³-hybridized carbons (Fsp3) is 0.875. The van der Waals surface area contributed by atoms with E-state index in [1.54, 1.807) is 0 Å². The Morgan fingerprint density at radius 1 is 0.897 bits per heavy atom. The first-order valence-electron chi connectivity index (χ1n) is 11.6. The molecule has 5 atom stereocenters. The molecule has 160 valence electrons. The minimum absolute atomic E-state index is 0.0387. The first-order chi connectivity index (χ1) is 13.8. The van der Waals surface area contributed by atoms with Gasteiger partial charge in [-0.3, -0.25) is 4.79 Å². The van der Waals surface area contributed by atoms with Crippen LogP contribution in [0.4, 0.5) is 0 Å². The van der Waals surface area contributed by atoms with E-state index < -0.39 is 11.6 Å². The summed E-state index contributed by atoms with van der Waals surface area (Å²) in [5, 5.41) is 0. The van der Waals surface area contributed by atoms with Crippen molar-refractivity contribution in [1.29, 1.82) is 0 Å². The van der Waals surface area contributed by atoms with E-state index in [-0.39, 0.29) is 22.2 Å². The summed E-state index contributed by atoms with van der Waals surface area (Å²) in [4.78, 5) is 13.9. The Kier molecular flexibility index (Phi) is 3.75. The molecule has 5 nitrogen and oxygen atoms in total. The van der Waals surface area contributed by atoms with Crippen LogP contribution < -0.4 is 0 Å². The molecule has 0 aromatic heterocycles. The SMILES string of the molecule is C[C@@]12CC=C3CC4(CC[C@]3(C)[C@H]1C(=O)C[C@@]1(C)[C@H]2CCC12OCCO2)OCCO4. The molecule has 0 N–H and O–H groups in total. The molecule has 0 bridgehead atoms. The fourth-order valence-electron chi connectivity index (χ4n) is 8.74. The van der Waals surface area contributed by atoms with Crippen LogP contribution >= 0.6 is 0 Å². The lowest BCUT2D eigenvalue weighted by Gasteiger charge is -2.63. The van der Waals surface area contributed by atoms with Crippen molar-refractivity contribution in [1.82, 2.24) is 0 Å². The van der Waals surface area contributed by atoms with Crippen LogP contribution in [0.1, 0.15) is 65.7 Å². The molecule has 2 saturated heterocycles. The zero-order valence-corrected chi connectivity index (χ0v) is 18.1. The molecule has 4 aliphatic carbocycles. The Morgan fingerprint density at radius 3 is 2.31 bits per heavy atom. The zero-order chi connectivity index (χ0) is 20.1. The number of hydrogen-bond acceptors (Lipinski definition) is 5. The molecule has 6 rings (SSSR count). The molecule has 0 aromatic rings. The van der Waals surface area contributed by atoms with Crippen molar-refractivity contribution in [3.8, 4) is 0 Å². The van der Waals surface area contributed by atoms with Crippen molar-refractivity contribution in [2.75, 3.05) is 26.4 Å². The topological polar surface area (TPSA) is 54.0 Å². The predicted octanol–water partition coefficient (Wildman–Crippen LogP) is 4.00. The smallest absolute Gasteiger partial charge is 0.174 e. The second kappa shape index (κ2) is 5.73. The summed E-state index contributed by atoms with van der Waals surface area (Å²) in [6.07, 6.45) is 8.67. The van der Waals surface area contributed by atoms with Gasteiger partial charge in [-0.1, -0.05) is 32.4 Å². The van der Waals surface area contributed by atoms with Gasteiger partial charge in [0.15, 0.2) is 11.6 Å². The third-order valence-electron chi connectivity index (χ3n) is 9.93. The maximum atomic E-state index is 13.9. The molecule has 6 aliphatic rings. The number of ether oxygens (including phenoxy) is 4. The molecule has 0 unspecified atom stereocenters.